The van der Waals surface area contributed by atoms with Gasteiger partial charge in [0.05, 0.1) is 0 Å². The minimum absolute atomic E-state index is 0.0936. The van der Waals surface area contributed by atoms with Gasteiger partial charge in [-0.2, -0.15) is 0 Å². The number of esters is 1. The molecule has 0 aliphatic carbocycles. The molecule has 1 aromatic rings. The lowest BCUT2D eigenvalue weighted by Crippen LogP contribution is -2.18. The second-order valence-electron chi connectivity index (χ2n) is 2.93. The van der Waals surface area contributed by atoms with E-state index in [1.54, 1.807) is 0 Å². The Labute approximate surface area is 76.3 Å². The minimum Gasteiger partial charge on any atom is -0.437 e. The van der Waals surface area contributed by atoms with Crippen molar-refractivity contribution < 1.29 is 14.3 Å². The first-order valence-corrected chi connectivity index (χ1v) is 4.18. The van der Waals surface area contributed by atoms with Crippen molar-refractivity contribution in [2.75, 3.05) is 6.79 Å². The van der Waals surface area contributed by atoms with Crippen molar-refractivity contribution in [3.63, 3.8) is 0 Å². The average Bonchev–Trinajstić information content (AvgIpc) is 2.54. The van der Waals surface area contributed by atoms with Crippen molar-refractivity contribution in [3.8, 4) is 0 Å². The van der Waals surface area contributed by atoms with Crippen molar-refractivity contribution in [3.05, 3.63) is 35.9 Å². The summed E-state index contributed by atoms with van der Waals surface area (Å²) in [6.07, 6.45) is 0.182. The van der Waals surface area contributed by atoms with E-state index in [1.807, 2.05) is 30.3 Å². The van der Waals surface area contributed by atoms with Gasteiger partial charge in [0, 0.05) is 6.42 Å². The molecule has 1 aromatic carbocycles. The van der Waals surface area contributed by atoms with Crippen LogP contribution in [0.5, 0.6) is 0 Å². The molecule has 0 N–H and O–H groups in total. The molecule has 1 saturated heterocycles. The predicted molar refractivity (Wildman–Crippen MR) is 46.0 cm³/mol. The number of hydrogen-bond acceptors (Lipinski definition) is 3. The molecule has 1 heterocycles. The maximum absolute atomic E-state index is 11.0. The Bertz CT molecular complexity index is 294. The van der Waals surface area contributed by atoms with Gasteiger partial charge in [-0.1, -0.05) is 30.3 Å². The van der Waals surface area contributed by atoms with Crippen LogP contribution in [0.3, 0.4) is 0 Å². The molecule has 1 atom stereocenters. The van der Waals surface area contributed by atoms with Gasteiger partial charge in [0.25, 0.3) is 0 Å². The summed E-state index contributed by atoms with van der Waals surface area (Å²) in [5.74, 6) is -0.260. The molecule has 3 heteroatoms. The highest BCUT2D eigenvalue weighted by molar-refractivity contribution is 5.76. The third-order valence-corrected chi connectivity index (χ3v) is 2.00. The van der Waals surface area contributed by atoms with Crippen LogP contribution < -0.4 is 0 Å². The molecule has 3 nitrogen and oxygen atoms in total. The summed E-state index contributed by atoms with van der Waals surface area (Å²) in [6.45, 7) is 0.0936. The van der Waals surface area contributed by atoms with Crippen molar-refractivity contribution in [2.45, 2.75) is 12.5 Å². The van der Waals surface area contributed by atoms with Gasteiger partial charge in [-0.3, -0.25) is 0 Å². The number of carbonyl (C=O) groups excluding carboxylic acids is 1. The number of cyclic esters (lactones) is 1. The van der Waals surface area contributed by atoms with E-state index < -0.39 is 6.10 Å². The molecule has 0 spiro atoms. The Kier molecular flexibility index (Phi) is 2.27. The molecule has 0 aromatic heterocycles. The number of carbonyl (C=O) groups is 1. The van der Waals surface area contributed by atoms with Crippen LogP contribution in [0, 0.1) is 0 Å². The second kappa shape index (κ2) is 3.58. The molecular weight excluding hydrogens is 168 g/mol. The van der Waals surface area contributed by atoms with E-state index in [-0.39, 0.29) is 12.8 Å². The Morgan fingerprint density at radius 2 is 2.08 bits per heavy atom. The Balaban J connectivity index is 2.02. The van der Waals surface area contributed by atoms with Crippen molar-refractivity contribution in [2.24, 2.45) is 0 Å². The van der Waals surface area contributed by atoms with Gasteiger partial charge in [-0.25, -0.2) is 4.79 Å². The fraction of sp³-hybridized carbons (Fsp3) is 0.300. The van der Waals surface area contributed by atoms with Crippen LogP contribution in [0.15, 0.2) is 30.3 Å². The zero-order chi connectivity index (χ0) is 9.10. The van der Waals surface area contributed by atoms with E-state index in [0.29, 0.717) is 6.42 Å². The summed E-state index contributed by atoms with van der Waals surface area (Å²) in [6, 6.07) is 9.76. The third kappa shape index (κ3) is 1.87. The van der Waals surface area contributed by atoms with Gasteiger partial charge in [0.1, 0.15) is 0 Å². The quantitative estimate of drug-likeness (QED) is 0.637. The summed E-state index contributed by atoms with van der Waals surface area (Å²) in [5, 5.41) is 0. The van der Waals surface area contributed by atoms with Crippen molar-refractivity contribution >= 4 is 5.97 Å². The normalized spacial score (nSPS) is 21.5. The summed E-state index contributed by atoms with van der Waals surface area (Å²) in [5.41, 5.74) is 1.09. The van der Waals surface area contributed by atoms with Crippen LogP contribution in [0.1, 0.15) is 5.56 Å². The second-order valence-corrected chi connectivity index (χ2v) is 2.93. The van der Waals surface area contributed by atoms with Gasteiger partial charge < -0.3 is 9.47 Å². The molecule has 1 aliphatic heterocycles. The molecule has 0 bridgehead atoms. The van der Waals surface area contributed by atoms with Gasteiger partial charge >= 0.3 is 5.97 Å². The van der Waals surface area contributed by atoms with Gasteiger partial charge in [0.2, 0.25) is 0 Å². The molecule has 68 valence electrons. The summed E-state index contributed by atoms with van der Waals surface area (Å²) >= 11 is 0. The summed E-state index contributed by atoms with van der Waals surface area (Å²) < 4.78 is 9.77. The third-order valence-electron chi connectivity index (χ3n) is 2.00. The monoisotopic (exact) mass is 178 g/mol. The lowest BCUT2D eigenvalue weighted by molar-refractivity contribution is -0.139. The molecule has 1 unspecified atom stereocenters. The molecule has 0 amide bonds. The van der Waals surface area contributed by atoms with Gasteiger partial charge in [0.15, 0.2) is 12.9 Å². The number of benzene rings is 1. The highest BCUT2D eigenvalue weighted by Gasteiger charge is 2.27. The maximum Gasteiger partial charge on any atom is 0.337 e. The van der Waals surface area contributed by atoms with Crippen LogP contribution >= 0.6 is 0 Å². The number of ether oxygens (including phenoxy) is 2. The molecular formula is C10H10O3. The van der Waals surface area contributed by atoms with Gasteiger partial charge in [-0.05, 0) is 5.56 Å². The fourth-order valence-electron chi connectivity index (χ4n) is 1.31. The predicted octanol–water partition coefficient (Wildman–Crippen LogP) is 1.13. The van der Waals surface area contributed by atoms with E-state index in [9.17, 15) is 4.79 Å². The molecule has 0 saturated carbocycles. The average molecular weight is 178 g/mol. The number of hydrogen-bond donors (Lipinski definition) is 0. The van der Waals surface area contributed by atoms with Crippen molar-refractivity contribution in [1.29, 1.82) is 0 Å². The smallest absolute Gasteiger partial charge is 0.337 e. The molecule has 2 rings (SSSR count). The first-order chi connectivity index (χ1) is 6.36. The van der Waals surface area contributed by atoms with Crippen LogP contribution in [-0.4, -0.2) is 18.9 Å². The first kappa shape index (κ1) is 8.26. The molecule has 0 radical (unpaired) electrons. The van der Waals surface area contributed by atoms with E-state index in [1.165, 1.54) is 0 Å². The standard InChI is InChI=1S/C10H10O3/c11-10-9(12-7-13-10)6-8-4-2-1-3-5-8/h1-5,9H,6-7H2. The fourth-order valence-corrected chi connectivity index (χ4v) is 1.31. The van der Waals surface area contributed by atoms with E-state index in [4.69, 9.17) is 4.74 Å². The zero-order valence-electron chi connectivity index (χ0n) is 7.10. The van der Waals surface area contributed by atoms with E-state index in [0.717, 1.165) is 5.56 Å². The van der Waals surface area contributed by atoms with Crippen LogP contribution in [0.2, 0.25) is 0 Å². The SMILES string of the molecule is O=C1OCOC1Cc1ccccc1. The van der Waals surface area contributed by atoms with Gasteiger partial charge in [-0.15, -0.1) is 0 Å². The van der Waals surface area contributed by atoms with Crippen LogP contribution in [-0.2, 0) is 20.7 Å². The number of rotatable bonds is 2. The summed E-state index contributed by atoms with van der Waals surface area (Å²) in [7, 11) is 0. The van der Waals surface area contributed by atoms with Crippen LogP contribution in [0.4, 0.5) is 0 Å². The topological polar surface area (TPSA) is 35.5 Å². The largest absolute Gasteiger partial charge is 0.437 e. The lowest BCUT2D eigenvalue weighted by atomic mass is 10.1. The maximum atomic E-state index is 11.0. The highest BCUT2D eigenvalue weighted by Crippen LogP contribution is 2.11. The Morgan fingerprint density at radius 1 is 1.31 bits per heavy atom. The van der Waals surface area contributed by atoms with Crippen molar-refractivity contribution in [1.82, 2.24) is 0 Å². The Morgan fingerprint density at radius 3 is 2.69 bits per heavy atom. The van der Waals surface area contributed by atoms with E-state index in [2.05, 4.69) is 4.74 Å². The molecule has 1 fully saturated rings. The summed E-state index contributed by atoms with van der Waals surface area (Å²) in [4.78, 5) is 11.0. The van der Waals surface area contributed by atoms with Crippen LogP contribution in [0.25, 0.3) is 0 Å². The van der Waals surface area contributed by atoms with E-state index >= 15 is 0 Å². The Hall–Kier alpha value is -1.35. The first-order valence-electron chi connectivity index (χ1n) is 4.18. The molecule has 13 heavy (non-hydrogen) atoms. The highest BCUT2D eigenvalue weighted by atomic mass is 16.7. The lowest BCUT2D eigenvalue weighted by Gasteiger charge is -2.03. The zero-order valence-corrected chi connectivity index (χ0v) is 7.10. The minimum atomic E-state index is -0.414. The molecule has 1 aliphatic rings.